The molecule has 1 aliphatic rings. The first-order valence-corrected chi connectivity index (χ1v) is 8.16. The van der Waals surface area contributed by atoms with Crippen molar-refractivity contribution >= 4 is 31.8 Å². The van der Waals surface area contributed by atoms with Crippen molar-refractivity contribution in [2.75, 3.05) is 31.0 Å². The molecule has 0 bridgehead atoms. The third-order valence-electron chi connectivity index (χ3n) is 2.84. The van der Waals surface area contributed by atoms with Gasteiger partial charge in [-0.15, -0.1) is 0 Å². The van der Waals surface area contributed by atoms with E-state index in [0.29, 0.717) is 0 Å². The first-order valence-electron chi connectivity index (χ1n) is 5.92. The van der Waals surface area contributed by atoms with Crippen molar-refractivity contribution in [3.63, 3.8) is 0 Å². The number of alkyl halides is 3. The van der Waals surface area contributed by atoms with Gasteiger partial charge in [0.05, 0.1) is 24.5 Å². The molecule has 0 unspecified atom stereocenters. The van der Waals surface area contributed by atoms with Gasteiger partial charge in [0.2, 0.25) is 0 Å². The van der Waals surface area contributed by atoms with Gasteiger partial charge in [0.1, 0.15) is 0 Å². The number of nitrogens with zero attached hydrogens (tertiary/aromatic N) is 1. The Hall–Kier alpha value is -0.840. The Morgan fingerprint density at radius 1 is 1.24 bits per heavy atom. The molecule has 1 N–H and O–H groups in total. The molecule has 0 spiro atoms. The lowest BCUT2D eigenvalue weighted by Gasteiger charge is -2.26. The second-order valence-electron chi connectivity index (χ2n) is 4.31. The molecular formula is C11H12BrF3N2O3S. The van der Waals surface area contributed by atoms with Crippen molar-refractivity contribution in [1.82, 2.24) is 4.31 Å². The van der Waals surface area contributed by atoms with E-state index in [-0.39, 0.29) is 36.5 Å². The summed E-state index contributed by atoms with van der Waals surface area (Å²) < 4.78 is 70.8. The number of halogens is 4. The number of nitrogens with one attached hydrogen (secondary N) is 1. The highest BCUT2D eigenvalue weighted by atomic mass is 79.9. The van der Waals surface area contributed by atoms with Gasteiger partial charge >= 0.3 is 16.4 Å². The molecule has 1 fully saturated rings. The lowest BCUT2D eigenvalue weighted by atomic mass is 10.2. The maximum Gasteiger partial charge on any atom is 0.416 e. The van der Waals surface area contributed by atoms with Crippen molar-refractivity contribution in [1.29, 1.82) is 0 Å². The molecule has 0 aromatic heterocycles. The highest BCUT2D eigenvalue weighted by Crippen LogP contribution is 2.34. The van der Waals surface area contributed by atoms with Crippen LogP contribution in [0.1, 0.15) is 5.56 Å². The number of morpholine rings is 1. The Bertz CT molecular complexity index is 616. The van der Waals surface area contributed by atoms with E-state index in [9.17, 15) is 21.6 Å². The summed E-state index contributed by atoms with van der Waals surface area (Å²) in [6.07, 6.45) is -4.54. The van der Waals surface area contributed by atoms with Crippen molar-refractivity contribution in [3.05, 3.63) is 28.2 Å². The predicted molar refractivity (Wildman–Crippen MR) is 74.1 cm³/mol. The molecule has 0 atom stereocenters. The molecule has 0 aliphatic carbocycles. The van der Waals surface area contributed by atoms with E-state index in [4.69, 9.17) is 4.74 Å². The zero-order chi connectivity index (χ0) is 15.7. The predicted octanol–water partition coefficient (Wildman–Crippen LogP) is 2.46. The Morgan fingerprint density at radius 3 is 2.43 bits per heavy atom. The van der Waals surface area contributed by atoms with Crippen molar-refractivity contribution in [3.8, 4) is 0 Å². The van der Waals surface area contributed by atoms with Crippen LogP contribution in [0.25, 0.3) is 0 Å². The van der Waals surface area contributed by atoms with Crippen LogP contribution in [0.3, 0.4) is 0 Å². The minimum Gasteiger partial charge on any atom is -0.379 e. The summed E-state index contributed by atoms with van der Waals surface area (Å²) in [6.45, 7) is 0.827. The van der Waals surface area contributed by atoms with Gasteiger partial charge in [0.15, 0.2) is 0 Å². The van der Waals surface area contributed by atoms with Crippen LogP contribution in [0.4, 0.5) is 18.9 Å². The average molecular weight is 389 g/mol. The number of hydrogen-bond donors (Lipinski definition) is 1. The summed E-state index contributed by atoms with van der Waals surface area (Å²) in [6, 6.07) is 2.78. The van der Waals surface area contributed by atoms with Crippen LogP contribution in [-0.4, -0.2) is 39.0 Å². The molecule has 1 aliphatic heterocycles. The van der Waals surface area contributed by atoms with Crippen LogP contribution in [-0.2, 0) is 21.1 Å². The molecule has 118 valence electrons. The lowest BCUT2D eigenvalue weighted by Crippen LogP contribution is -2.43. The second-order valence-corrected chi connectivity index (χ2v) is 6.84. The van der Waals surface area contributed by atoms with Crippen LogP contribution < -0.4 is 4.72 Å². The van der Waals surface area contributed by atoms with Gasteiger partial charge in [-0.2, -0.15) is 25.9 Å². The molecule has 1 aromatic rings. The van der Waals surface area contributed by atoms with Gasteiger partial charge in [-0.3, -0.25) is 4.72 Å². The zero-order valence-corrected chi connectivity index (χ0v) is 13.1. The molecule has 1 aromatic carbocycles. The normalized spacial score (nSPS) is 17.7. The Balaban J connectivity index is 2.26. The summed E-state index contributed by atoms with van der Waals surface area (Å²) in [7, 11) is -3.92. The number of benzene rings is 1. The molecule has 5 nitrogen and oxygen atoms in total. The highest BCUT2D eigenvalue weighted by Gasteiger charge is 2.32. The molecule has 0 amide bonds. The van der Waals surface area contributed by atoms with E-state index >= 15 is 0 Å². The maximum absolute atomic E-state index is 12.7. The SMILES string of the molecule is O=S(=O)(Nc1cc(C(F)(F)F)ccc1Br)N1CCOCC1. The van der Waals surface area contributed by atoms with Crippen LogP contribution in [0, 0.1) is 0 Å². The quantitative estimate of drug-likeness (QED) is 0.864. The van der Waals surface area contributed by atoms with E-state index in [1.54, 1.807) is 0 Å². The third kappa shape index (κ3) is 4.09. The van der Waals surface area contributed by atoms with E-state index in [0.717, 1.165) is 22.5 Å². The largest absolute Gasteiger partial charge is 0.416 e. The zero-order valence-electron chi connectivity index (χ0n) is 10.7. The van der Waals surface area contributed by atoms with Crippen LogP contribution in [0.15, 0.2) is 22.7 Å². The molecule has 1 heterocycles. The third-order valence-corrected chi connectivity index (χ3v) is 5.06. The van der Waals surface area contributed by atoms with E-state index in [1.807, 2.05) is 0 Å². The number of ether oxygens (including phenoxy) is 1. The fourth-order valence-electron chi connectivity index (χ4n) is 1.77. The summed E-state index contributed by atoms with van der Waals surface area (Å²) in [5.41, 5.74) is -1.08. The van der Waals surface area contributed by atoms with E-state index in [1.165, 1.54) is 0 Å². The highest BCUT2D eigenvalue weighted by molar-refractivity contribution is 9.10. The van der Waals surface area contributed by atoms with Crippen LogP contribution in [0.2, 0.25) is 0 Å². The fraction of sp³-hybridized carbons (Fsp3) is 0.455. The average Bonchev–Trinajstić information content (AvgIpc) is 2.41. The summed E-state index contributed by atoms with van der Waals surface area (Å²) in [5.74, 6) is 0. The summed E-state index contributed by atoms with van der Waals surface area (Å²) in [5, 5.41) is 0. The van der Waals surface area contributed by atoms with E-state index in [2.05, 4.69) is 20.7 Å². The standard InChI is InChI=1S/C11H12BrF3N2O3S/c12-9-2-1-8(11(13,14)15)7-10(9)16-21(18,19)17-3-5-20-6-4-17/h1-2,7,16H,3-6H2. The van der Waals surface area contributed by atoms with Crippen LogP contribution >= 0.6 is 15.9 Å². The monoisotopic (exact) mass is 388 g/mol. The minimum absolute atomic E-state index is 0.156. The summed E-state index contributed by atoms with van der Waals surface area (Å²) in [4.78, 5) is 0. The summed E-state index contributed by atoms with van der Waals surface area (Å²) >= 11 is 3.04. The molecule has 2 rings (SSSR count). The number of rotatable bonds is 3. The molecule has 1 saturated heterocycles. The molecule has 21 heavy (non-hydrogen) atoms. The van der Waals surface area contributed by atoms with Gasteiger partial charge in [-0.25, -0.2) is 0 Å². The van der Waals surface area contributed by atoms with Gasteiger partial charge in [-0.1, -0.05) is 0 Å². The van der Waals surface area contributed by atoms with Crippen molar-refractivity contribution < 1.29 is 26.3 Å². The first-order chi connectivity index (χ1) is 9.70. The van der Waals surface area contributed by atoms with Crippen LogP contribution in [0.5, 0.6) is 0 Å². The number of anilines is 1. The minimum atomic E-state index is -4.54. The molecule has 0 saturated carbocycles. The van der Waals surface area contributed by atoms with Gasteiger partial charge < -0.3 is 4.74 Å². The second kappa shape index (κ2) is 6.11. The lowest BCUT2D eigenvalue weighted by molar-refractivity contribution is -0.137. The van der Waals surface area contributed by atoms with Crippen molar-refractivity contribution in [2.45, 2.75) is 6.18 Å². The molecule has 0 radical (unpaired) electrons. The first kappa shape index (κ1) is 16.5. The topological polar surface area (TPSA) is 58.6 Å². The molecule has 10 heteroatoms. The molecular weight excluding hydrogens is 377 g/mol. The maximum atomic E-state index is 12.7. The van der Waals surface area contributed by atoms with E-state index < -0.39 is 21.9 Å². The van der Waals surface area contributed by atoms with Gasteiger partial charge in [-0.05, 0) is 34.1 Å². The van der Waals surface area contributed by atoms with Gasteiger partial charge in [0, 0.05) is 17.6 Å². The fourth-order valence-corrected chi connectivity index (χ4v) is 3.45. The van der Waals surface area contributed by atoms with Gasteiger partial charge in [0.25, 0.3) is 0 Å². The van der Waals surface area contributed by atoms with Crippen molar-refractivity contribution in [2.24, 2.45) is 0 Å². The Kier molecular flexibility index (Phi) is 4.81. The Morgan fingerprint density at radius 2 is 1.86 bits per heavy atom. The Labute approximate surface area is 128 Å². The number of hydrogen-bond acceptors (Lipinski definition) is 3. The smallest absolute Gasteiger partial charge is 0.379 e.